The van der Waals surface area contributed by atoms with Gasteiger partial charge in [0.1, 0.15) is 12.1 Å². The Labute approximate surface area is 187 Å². The van der Waals surface area contributed by atoms with E-state index in [0.29, 0.717) is 6.54 Å². The molecule has 3 aromatic heterocycles. The third kappa shape index (κ3) is 4.39. The highest BCUT2D eigenvalue weighted by atomic mass is 16.1. The van der Waals surface area contributed by atoms with Gasteiger partial charge in [-0.1, -0.05) is 0 Å². The Morgan fingerprint density at radius 1 is 0.938 bits per heavy atom. The highest BCUT2D eigenvalue weighted by molar-refractivity contribution is 5.57. The summed E-state index contributed by atoms with van der Waals surface area (Å²) in [4.78, 5) is 32.6. The van der Waals surface area contributed by atoms with Crippen molar-refractivity contribution in [1.29, 1.82) is 0 Å². The normalized spacial score (nSPS) is 17.3. The Hall–Kier alpha value is -3.17. The zero-order valence-electron chi connectivity index (χ0n) is 18.4. The standard InChI is InChI=1S/C23H28N8O/c1-28-9-6-21-19(16-28)23(26-17-25-21)30-13-10-29(11-14-30)12-15-31-22(32)3-2-20(27-31)18-4-7-24-8-5-18/h2-5,7-8,17H,6,9-16H2,1H3. The van der Waals surface area contributed by atoms with Crippen LogP contribution in [0, 0.1) is 0 Å². The van der Waals surface area contributed by atoms with Gasteiger partial charge in [-0.15, -0.1) is 0 Å². The van der Waals surface area contributed by atoms with E-state index in [1.54, 1.807) is 35.5 Å². The molecule has 0 aromatic carbocycles. The molecule has 9 heteroatoms. The van der Waals surface area contributed by atoms with Crippen molar-refractivity contribution in [3.05, 3.63) is 64.6 Å². The Morgan fingerprint density at radius 3 is 2.56 bits per heavy atom. The van der Waals surface area contributed by atoms with Gasteiger partial charge >= 0.3 is 0 Å². The molecule has 5 rings (SSSR count). The molecule has 166 valence electrons. The zero-order valence-corrected chi connectivity index (χ0v) is 18.4. The Kier molecular flexibility index (Phi) is 5.91. The molecule has 5 heterocycles. The first-order valence-electron chi connectivity index (χ1n) is 11.1. The minimum atomic E-state index is -0.0711. The maximum absolute atomic E-state index is 12.3. The minimum Gasteiger partial charge on any atom is -0.354 e. The molecule has 9 nitrogen and oxygen atoms in total. The number of anilines is 1. The van der Waals surface area contributed by atoms with Crippen LogP contribution in [0.1, 0.15) is 11.3 Å². The number of pyridine rings is 1. The molecule has 0 amide bonds. The highest BCUT2D eigenvalue weighted by Crippen LogP contribution is 2.25. The van der Waals surface area contributed by atoms with Crippen molar-refractivity contribution in [2.24, 2.45) is 0 Å². The number of likely N-dealkylation sites (N-methyl/N-ethyl adjacent to an activating group) is 1. The summed E-state index contributed by atoms with van der Waals surface area (Å²) in [6, 6.07) is 7.17. The molecular formula is C23H28N8O. The van der Waals surface area contributed by atoms with E-state index in [-0.39, 0.29) is 5.56 Å². The number of nitrogens with zero attached hydrogens (tertiary/aromatic N) is 8. The fraction of sp³-hybridized carbons (Fsp3) is 0.435. The fourth-order valence-corrected chi connectivity index (χ4v) is 4.44. The van der Waals surface area contributed by atoms with Gasteiger partial charge in [-0.2, -0.15) is 5.10 Å². The monoisotopic (exact) mass is 432 g/mol. The third-order valence-electron chi connectivity index (χ3n) is 6.31. The van der Waals surface area contributed by atoms with Crippen LogP contribution < -0.4 is 10.5 Å². The van der Waals surface area contributed by atoms with Gasteiger partial charge in [0.15, 0.2) is 0 Å². The van der Waals surface area contributed by atoms with Crippen molar-refractivity contribution in [1.82, 2.24) is 34.5 Å². The first-order chi connectivity index (χ1) is 15.7. The van der Waals surface area contributed by atoms with E-state index in [0.717, 1.165) is 69.3 Å². The van der Waals surface area contributed by atoms with E-state index in [1.165, 1.54) is 11.3 Å². The van der Waals surface area contributed by atoms with Crippen LogP contribution in [0.25, 0.3) is 11.3 Å². The second-order valence-corrected chi connectivity index (χ2v) is 8.45. The van der Waals surface area contributed by atoms with Gasteiger partial charge < -0.3 is 9.80 Å². The van der Waals surface area contributed by atoms with E-state index >= 15 is 0 Å². The van der Waals surface area contributed by atoms with Gasteiger partial charge in [-0.3, -0.25) is 14.7 Å². The average Bonchev–Trinajstić information content (AvgIpc) is 2.84. The number of rotatable bonds is 5. The van der Waals surface area contributed by atoms with Crippen LogP contribution in [0.4, 0.5) is 5.82 Å². The summed E-state index contributed by atoms with van der Waals surface area (Å²) in [6.45, 7) is 7.05. The molecule has 32 heavy (non-hydrogen) atoms. The van der Waals surface area contributed by atoms with Gasteiger partial charge in [0.25, 0.3) is 5.56 Å². The lowest BCUT2D eigenvalue weighted by Gasteiger charge is -2.37. The molecular weight excluding hydrogens is 404 g/mol. The second kappa shape index (κ2) is 9.13. The molecule has 0 N–H and O–H groups in total. The van der Waals surface area contributed by atoms with Crippen LogP contribution in [-0.2, 0) is 19.5 Å². The number of hydrogen-bond donors (Lipinski definition) is 0. The first kappa shape index (κ1) is 20.7. The molecule has 0 aliphatic carbocycles. The Morgan fingerprint density at radius 2 is 1.75 bits per heavy atom. The molecule has 3 aromatic rings. The molecule has 0 unspecified atom stereocenters. The molecule has 0 spiro atoms. The predicted molar refractivity (Wildman–Crippen MR) is 122 cm³/mol. The second-order valence-electron chi connectivity index (χ2n) is 8.45. The first-order valence-corrected chi connectivity index (χ1v) is 11.1. The summed E-state index contributed by atoms with van der Waals surface area (Å²) in [6.07, 6.45) is 6.17. The van der Waals surface area contributed by atoms with Crippen LogP contribution in [-0.4, -0.2) is 80.8 Å². The molecule has 1 fully saturated rings. The van der Waals surface area contributed by atoms with E-state index in [2.05, 4.69) is 41.8 Å². The quantitative estimate of drug-likeness (QED) is 0.588. The molecule has 0 saturated carbocycles. The molecule has 0 radical (unpaired) electrons. The summed E-state index contributed by atoms with van der Waals surface area (Å²) < 4.78 is 1.57. The van der Waals surface area contributed by atoms with Crippen molar-refractivity contribution in [3.8, 4) is 11.3 Å². The summed E-state index contributed by atoms with van der Waals surface area (Å²) >= 11 is 0. The van der Waals surface area contributed by atoms with Gasteiger partial charge in [-0.05, 0) is 25.2 Å². The smallest absolute Gasteiger partial charge is 0.266 e. The average molecular weight is 433 g/mol. The number of hydrogen-bond acceptors (Lipinski definition) is 8. The molecule has 2 aliphatic rings. The third-order valence-corrected chi connectivity index (χ3v) is 6.31. The van der Waals surface area contributed by atoms with Gasteiger partial charge in [0.2, 0.25) is 0 Å². The molecule has 2 aliphatic heterocycles. The maximum Gasteiger partial charge on any atom is 0.266 e. The number of piperazine rings is 1. The Balaban J connectivity index is 1.21. The number of fused-ring (bicyclic) bond motifs is 1. The zero-order chi connectivity index (χ0) is 21.9. The fourth-order valence-electron chi connectivity index (χ4n) is 4.44. The van der Waals surface area contributed by atoms with Crippen LogP contribution in [0.15, 0.2) is 47.8 Å². The van der Waals surface area contributed by atoms with E-state index in [4.69, 9.17) is 0 Å². The van der Waals surface area contributed by atoms with Crippen LogP contribution in [0.2, 0.25) is 0 Å². The van der Waals surface area contributed by atoms with Crippen molar-refractivity contribution in [2.45, 2.75) is 19.5 Å². The van der Waals surface area contributed by atoms with Crippen molar-refractivity contribution >= 4 is 5.82 Å². The maximum atomic E-state index is 12.3. The molecule has 0 bridgehead atoms. The highest BCUT2D eigenvalue weighted by Gasteiger charge is 2.24. The molecule has 1 saturated heterocycles. The summed E-state index contributed by atoms with van der Waals surface area (Å²) in [5.74, 6) is 1.09. The Bertz CT molecular complexity index is 1120. The number of aromatic nitrogens is 5. The van der Waals surface area contributed by atoms with Crippen molar-refractivity contribution < 1.29 is 0 Å². The van der Waals surface area contributed by atoms with Crippen LogP contribution >= 0.6 is 0 Å². The topological polar surface area (TPSA) is 83.3 Å². The predicted octanol–water partition coefficient (Wildman–Crippen LogP) is 0.905. The van der Waals surface area contributed by atoms with Crippen molar-refractivity contribution in [2.75, 3.05) is 51.2 Å². The lowest BCUT2D eigenvalue weighted by molar-refractivity contribution is 0.241. The summed E-state index contributed by atoms with van der Waals surface area (Å²) in [5, 5.41) is 4.56. The van der Waals surface area contributed by atoms with Crippen molar-refractivity contribution in [3.63, 3.8) is 0 Å². The minimum absolute atomic E-state index is 0.0711. The van der Waals surface area contributed by atoms with Gasteiger partial charge in [0, 0.05) is 81.8 Å². The van der Waals surface area contributed by atoms with Gasteiger partial charge in [0.05, 0.1) is 17.9 Å². The largest absolute Gasteiger partial charge is 0.354 e. The van der Waals surface area contributed by atoms with E-state index in [9.17, 15) is 4.79 Å². The SMILES string of the molecule is CN1CCc2ncnc(N3CCN(CCn4nc(-c5ccncc5)ccc4=O)CC3)c2C1. The lowest BCUT2D eigenvalue weighted by atomic mass is 10.1. The van der Waals surface area contributed by atoms with E-state index in [1.807, 2.05) is 12.1 Å². The van der Waals surface area contributed by atoms with Gasteiger partial charge in [-0.25, -0.2) is 14.6 Å². The lowest BCUT2D eigenvalue weighted by Crippen LogP contribution is -2.48. The van der Waals surface area contributed by atoms with Crippen LogP contribution in [0.3, 0.4) is 0 Å². The van der Waals surface area contributed by atoms with E-state index < -0.39 is 0 Å². The summed E-state index contributed by atoms with van der Waals surface area (Å²) in [5.41, 5.74) is 4.14. The van der Waals surface area contributed by atoms with Crippen LogP contribution in [0.5, 0.6) is 0 Å². The molecule has 0 atom stereocenters. The summed E-state index contributed by atoms with van der Waals surface area (Å²) in [7, 11) is 2.15.